The Morgan fingerprint density at radius 1 is 0.600 bits per heavy atom. The fraction of sp³-hybridized carbons (Fsp3) is 0.176. The molecular weight excluding hydrogens is 419 g/mol. The van der Waals surface area contributed by atoms with Gasteiger partial charge in [-0.2, -0.15) is 0 Å². The predicted molar refractivity (Wildman–Crippen MR) is 152 cm³/mol. The standard InChI is InChI=1S/C34H29B/c1-20-16-21(2)33(22(3)17-20)35-30-13-9-8-12-25(30)26-18-29-27(19-31(26)35)32-24-11-7-6-10-23(24)14-15-28(32)34(29,4)5/h6-19H,1-5H3. The van der Waals surface area contributed by atoms with Crippen LogP contribution in [0.25, 0.3) is 33.0 Å². The van der Waals surface area contributed by atoms with Crippen molar-refractivity contribution < 1.29 is 0 Å². The van der Waals surface area contributed by atoms with Crippen LogP contribution in [0.2, 0.25) is 0 Å². The van der Waals surface area contributed by atoms with Crippen LogP contribution in [-0.4, -0.2) is 6.71 Å². The van der Waals surface area contributed by atoms with Crippen molar-refractivity contribution in [3.05, 3.63) is 113 Å². The third kappa shape index (κ3) is 2.70. The summed E-state index contributed by atoms with van der Waals surface area (Å²) in [5.41, 5.74) is 17.0. The molecule has 0 bridgehead atoms. The lowest BCUT2D eigenvalue weighted by Crippen LogP contribution is -2.51. The van der Waals surface area contributed by atoms with E-state index in [1.165, 1.54) is 77.2 Å². The number of benzene rings is 5. The van der Waals surface area contributed by atoms with Gasteiger partial charge in [-0.1, -0.05) is 132 Å². The van der Waals surface area contributed by atoms with Gasteiger partial charge in [0.05, 0.1) is 0 Å². The summed E-state index contributed by atoms with van der Waals surface area (Å²) < 4.78 is 0. The molecule has 0 saturated heterocycles. The molecule has 0 nitrogen and oxygen atoms in total. The number of fused-ring (bicyclic) bond motifs is 8. The molecule has 7 rings (SSSR count). The minimum absolute atomic E-state index is 0.0214. The molecule has 0 amide bonds. The van der Waals surface area contributed by atoms with Gasteiger partial charge in [0.1, 0.15) is 0 Å². The van der Waals surface area contributed by atoms with Crippen LogP contribution >= 0.6 is 0 Å². The molecule has 5 aromatic rings. The first kappa shape index (κ1) is 20.8. The summed E-state index contributed by atoms with van der Waals surface area (Å²) in [5.74, 6) is 0. The fourth-order valence-corrected chi connectivity index (χ4v) is 7.16. The summed E-state index contributed by atoms with van der Waals surface area (Å²) in [6, 6.07) is 32.4. The van der Waals surface area contributed by atoms with E-state index in [0.29, 0.717) is 0 Å². The molecular formula is C34H29B. The molecule has 2 aliphatic rings. The van der Waals surface area contributed by atoms with E-state index < -0.39 is 0 Å². The van der Waals surface area contributed by atoms with Gasteiger partial charge in [-0.3, -0.25) is 0 Å². The Balaban J connectivity index is 1.58. The average molecular weight is 448 g/mol. The monoisotopic (exact) mass is 448 g/mol. The van der Waals surface area contributed by atoms with E-state index in [-0.39, 0.29) is 12.1 Å². The molecule has 168 valence electrons. The van der Waals surface area contributed by atoms with Crippen LogP contribution in [0.15, 0.2) is 84.9 Å². The zero-order valence-electron chi connectivity index (χ0n) is 21.2. The van der Waals surface area contributed by atoms with Gasteiger partial charge in [-0.25, -0.2) is 0 Å². The molecule has 0 aromatic heterocycles. The highest BCUT2D eigenvalue weighted by atomic mass is 14.4. The van der Waals surface area contributed by atoms with Crippen LogP contribution in [0.4, 0.5) is 0 Å². The highest BCUT2D eigenvalue weighted by Gasteiger charge is 2.41. The van der Waals surface area contributed by atoms with E-state index in [9.17, 15) is 0 Å². The Morgan fingerprint density at radius 2 is 1.31 bits per heavy atom. The minimum Gasteiger partial charge on any atom is -0.0664 e. The summed E-state index contributed by atoms with van der Waals surface area (Å²) >= 11 is 0. The SMILES string of the molecule is Cc1cc(C)c(B2c3ccccc3-c3cc4c(cc32)-c2c(ccc3ccccc23)C4(C)C)c(C)c1. The van der Waals surface area contributed by atoms with Crippen molar-refractivity contribution in [2.24, 2.45) is 0 Å². The highest BCUT2D eigenvalue weighted by molar-refractivity contribution is 6.99. The first-order valence-corrected chi connectivity index (χ1v) is 12.7. The van der Waals surface area contributed by atoms with Gasteiger partial charge >= 0.3 is 0 Å². The van der Waals surface area contributed by atoms with E-state index in [2.05, 4.69) is 120 Å². The van der Waals surface area contributed by atoms with Crippen LogP contribution in [0, 0.1) is 20.8 Å². The number of rotatable bonds is 1. The zero-order chi connectivity index (χ0) is 24.1. The van der Waals surface area contributed by atoms with Crippen LogP contribution in [0.3, 0.4) is 0 Å². The lowest BCUT2D eigenvalue weighted by molar-refractivity contribution is 0.661. The zero-order valence-corrected chi connectivity index (χ0v) is 21.2. The van der Waals surface area contributed by atoms with E-state index in [1.54, 1.807) is 0 Å². The second kappa shape index (κ2) is 6.98. The molecule has 0 spiro atoms. The third-order valence-corrected chi connectivity index (χ3v) is 8.63. The maximum atomic E-state index is 2.55. The van der Waals surface area contributed by atoms with Gasteiger partial charge in [0.25, 0.3) is 0 Å². The molecule has 1 aliphatic heterocycles. The van der Waals surface area contributed by atoms with E-state index in [0.717, 1.165) is 0 Å². The van der Waals surface area contributed by atoms with Gasteiger partial charge in [0, 0.05) is 5.41 Å². The minimum atomic E-state index is -0.0214. The Hall–Kier alpha value is -3.58. The number of hydrogen-bond donors (Lipinski definition) is 0. The average Bonchev–Trinajstić information content (AvgIpc) is 3.27. The maximum absolute atomic E-state index is 2.55. The normalized spacial score (nSPS) is 14.6. The topological polar surface area (TPSA) is 0 Å². The molecule has 1 heterocycles. The first-order valence-electron chi connectivity index (χ1n) is 12.7. The van der Waals surface area contributed by atoms with Crippen LogP contribution < -0.4 is 16.4 Å². The van der Waals surface area contributed by atoms with Crippen molar-refractivity contribution in [2.75, 3.05) is 0 Å². The summed E-state index contributed by atoms with van der Waals surface area (Å²) in [7, 11) is 0. The van der Waals surface area contributed by atoms with Crippen molar-refractivity contribution in [1.29, 1.82) is 0 Å². The van der Waals surface area contributed by atoms with Crippen molar-refractivity contribution in [1.82, 2.24) is 0 Å². The Morgan fingerprint density at radius 3 is 2.11 bits per heavy atom. The summed E-state index contributed by atoms with van der Waals surface area (Å²) in [6.45, 7) is 11.8. The van der Waals surface area contributed by atoms with Crippen molar-refractivity contribution in [2.45, 2.75) is 40.0 Å². The smallest absolute Gasteiger partial charge is 0.0664 e. The molecule has 0 saturated carbocycles. The van der Waals surface area contributed by atoms with Gasteiger partial charge in [0.2, 0.25) is 6.71 Å². The van der Waals surface area contributed by atoms with E-state index >= 15 is 0 Å². The summed E-state index contributed by atoms with van der Waals surface area (Å²) in [6.07, 6.45) is 0. The summed E-state index contributed by atoms with van der Waals surface area (Å²) in [4.78, 5) is 0. The summed E-state index contributed by atoms with van der Waals surface area (Å²) in [5, 5.41) is 2.69. The fourth-order valence-electron chi connectivity index (χ4n) is 7.16. The molecule has 35 heavy (non-hydrogen) atoms. The highest BCUT2D eigenvalue weighted by Crippen LogP contribution is 2.52. The molecule has 0 unspecified atom stereocenters. The molecule has 0 radical (unpaired) electrons. The van der Waals surface area contributed by atoms with Crippen molar-refractivity contribution >= 4 is 33.9 Å². The van der Waals surface area contributed by atoms with Crippen LogP contribution in [-0.2, 0) is 5.41 Å². The van der Waals surface area contributed by atoms with E-state index in [4.69, 9.17) is 0 Å². The molecule has 0 N–H and O–H groups in total. The molecule has 5 aromatic carbocycles. The molecule has 1 aliphatic carbocycles. The molecule has 1 heteroatoms. The van der Waals surface area contributed by atoms with Gasteiger partial charge in [-0.15, -0.1) is 0 Å². The van der Waals surface area contributed by atoms with Gasteiger partial charge in [0.15, 0.2) is 0 Å². The molecule has 0 atom stereocenters. The first-order chi connectivity index (χ1) is 16.9. The Kier molecular flexibility index (Phi) is 4.14. The lowest BCUT2D eigenvalue weighted by atomic mass is 9.37. The second-order valence-corrected chi connectivity index (χ2v) is 11.2. The van der Waals surface area contributed by atoms with E-state index in [1.807, 2.05) is 0 Å². The maximum Gasteiger partial charge on any atom is 0.243 e. The third-order valence-electron chi connectivity index (χ3n) is 8.63. The van der Waals surface area contributed by atoms with Crippen LogP contribution in [0.1, 0.15) is 41.7 Å². The van der Waals surface area contributed by atoms with Crippen molar-refractivity contribution in [3.8, 4) is 22.3 Å². The van der Waals surface area contributed by atoms with Crippen LogP contribution in [0.5, 0.6) is 0 Å². The quantitative estimate of drug-likeness (QED) is 0.250. The second-order valence-electron chi connectivity index (χ2n) is 11.2. The number of hydrogen-bond acceptors (Lipinski definition) is 0. The molecule has 0 fully saturated rings. The predicted octanol–water partition coefficient (Wildman–Crippen LogP) is 6.57. The lowest BCUT2D eigenvalue weighted by Gasteiger charge is -2.23. The van der Waals surface area contributed by atoms with Gasteiger partial charge in [-0.05, 0) is 64.9 Å². The Bertz CT molecular complexity index is 1680. The van der Waals surface area contributed by atoms with Crippen molar-refractivity contribution in [3.63, 3.8) is 0 Å². The van der Waals surface area contributed by atoms with Gasteiger partial charge < -0.3 is 0 Å². The number of aryl methyl sites for hydroxylation is 3. The Labute approximate surface area is 208 Å². The largest absolute Gasteiger partial charge is 0.243 e.